The van der Waals surface area contributed by atoms with Crippen molar-refractivity contribution in [3.8, 4) is 23.3 Å². The highest BCUT2D eigenvalue weighted by Gasteiger charge is 2.36. The minimum Gasteiger partial charge on any atom is -0.493 e. The summed E-state index contributed by atoms with van der Waals surface area (Å²) < 4.78 is 58.9. The highest BCUT2D eigenvalue weighted by atomic mass is 19.3. The maximum absolute atomic E-state index is 14.6. The summed E-state index contributed by atoms with van der Waals surface area (Å²) in [6, 6.07) is 9.26. The summed E-state index contributed by atoms with van der Waals surface area (Å²) in [4.78, 5) is 0. The quantitative estimate of drug-likeness (QED) is 0.709. The first-order valence-corrected chi connectivity index (χ1v) is 7.68. The molecule has 0 spiro atoms. The van der Waals surface area contributed by atoms with E-state index in [0.717, 1.165) is 12.1 Å². The van der Waals surface area contributed by atoms with Gasteiger partial charge < -0.3 is 14.2 Å². The molecular formula is C19H18F3NO3. The monoisotopic (exact) mass is 365 g/mol. The summed E-state index contributed by atoms with van der Waals surface area (Å²) in [6.07, 6.45) is -3.02. The molecule has 2 aromatic carbocycles. The molecule has 0 aliphatic heterocycles. The predicted octanol–water partition coefficient (Wildman–Crippen LogP) is 4.78. The Hall–Kier alpha value is -2.88. The van der Waals surface area contributed by atoms with Crippen LogP contribution >= 0.6 is 0 Å². The van der Waals surface area contributed by atoms with Gasteiger partial charge in [0.05, 0.1) is 39.4 Å². The second-order valence-corrected chi connectivity index (χ2v) is 5.52. The third-order valence-corrected chi connectivity index (χ3v) is 3.92. The topological polar surface area (TPSA) is 51.5 Å². The number of halogens is 3. The lowest BCUT2D eigenvalue weighted by atomic mass is 9.97. The van der Waals surface area contributed by atoms with Crippen molar-refractivity contribution >= 4 is 0 Å². The van der Waals surface area contributed by atoms with Crippen LogP contribution in [0.25, 0.3) is 0 Å². The largest absolute Gasteiger partial charge is 0.493 e. The van der Waals surface area contributed by atoms with Crippen molar-refractivity contribution in [3.05, 3.63) is 53.1 Å². The van der Waals surface area contributed by atoms with Crippen molar-refractivity contribution in [1.29, 1.82) is 5.26 Å². The van der Waals surface area contributed by atoms with Gasteiger partial charge in [-0.25, -0.2) is 13.2 Å². The Morgan fingerprint density at radius 3 is 1.96 bits per heavy atom. The van der Waals surface area contributed by atoms with E-state index >= 15 is 0 Å². The van der Waals surface area contributed by atoms with Gasteiger partial charge in [-0.1, -0.05) is 12.1 Å². The zero-order valence-corrected chi connectivity index (χ0v) is 14.6. The van der Waals surface area contributed by atoms with Gasteiger partial charge in [0.2, 0.25) is 5.75 Å². The Balaban J connectivity index is 2.30. The summed E-state index contributed by atoms with van der Waals surface area (Å²) in [7, 11) is 4.12. The van der Waals surface area contributed by atoms with Crippen molar-refractivity contribution in [1.82, 2.24) is 0 Å². The van der Waals surface area contributed by atoms with Crippen LogP contribution in [0.2, 0.25) is 0 Å². The molecule has 2 aromatic rings. The summed E-state index contributed by atoms with van der Waals surface area (Å²) in [5.41, 5.74) is -0.106. The SMILES string of the molecule is COc1cc(C(F)CC(F)(F)c2ccc(C#N)cc2)cc(OC)c1OC. The van der Waals surface area contributed by atoms with Gasteiger partial charge in [0.1, 0.15) is 6.17 Å². The molecule has 0 bridgehead atoms. The summed E-state index contributed by atoms with van der Waals surface area (Å²) in [5.74, 6) is -2.78. The van der Waals surface area contributed by atoms with Gasteiger partial charge in [-0.05, 0) is 29.8 Å². The fraction of sp³-hybridized carbons (Fsp3) is 0.316. The minimum absolute atomic E-state index is 0.00665. The highest BCUT2D eigenvalue weighted by Crippen LogP contribution is 2.44. The number of benzene rings is 2. The predicted molar refractivity (Wildman–Crippen MR) is 89.6 cm³/mol. The Morgan fingerprint density at radius 2 is 1.54 bits per heavy atom. The van der Waals surface area contributed by atoms with Crippen molar-refractivity contribution in [2.75, 3.05) is 21.3 Å². The number of hydrogen-bond donors (Lipinski definition) is 0. The van der Waals surface area contributed by atoms with E-state index in [0.29, 0.717) is 0 Å². The van der Waals surface area contributed by atoms with Gasteiger partial charge in [-0.15, -0.1) is 0 Å². The second-order valence-electron chi connectivity index (χ2n) is 5.52. The van der Waals surface area contributed by atoms with E-state index in [2.05, 4.69) is 0 Å². The number of methoxy groups -OCH3 is 3. The van der Waals surface area contributed by atoms with E-state index in [4.69, 9.17) is 19.5 Å². The van der Waals surface area contributed by atoms with E-state index in [1.165, 1.54) is 45.6 Å². The fourth-order valence-corrected chi connectivity index (χ4v) is 2.53. The molecule has 138 valence electrons. The van der Waals surface area contributed by atoms with E-state index in [-0.39, 0.29) is 33.9 Å². The van der Waals surface area contributed by atoms with E-state index < -0.39 is 18.5 Å². The molecule has 0 radical (unpaired) electrons. The van der Waals surface area contributed by atoms with Crippen LogP contribution in [-0.2, 0) is 5.92 Å². The van der Waals surface area contributed by atoms with E-state index in [9.17, 15) is 13.2 Å². The summed E-state index contributed by atoms with van der Waals surface area (Å²) in [5, 5.41) is 8.74. The molecule has 1 atom stereocenters. The molecule has 0 aliphatic rings. The molecule has 2 rings (SSSR count). The van der Waals surface area contributed by atoms with Crippen LogP contribution in [0, 0.1) is 11.3 Å². The molecule has 7 heteroatoms. The van der Waals surface area contributed by atoms with Crippen molar-refractivity contribution in [2.24, 2.45) is 0 Å². The second kappa shape index (κ2) is 8.00. The fourth-order valence-electron chi connectivity index (χ4n) is 2.53. The van der Waals surface area contributed by atoms with Crippen LogP contribution in [-0.4, -0.2) is 21.3 Å². The van der Waals surface area contributed by atoms with Crippen LogP contribution in [0.15, 0.2) is 36.4 Å². The molecule has 0 saturated carbocycles. The molecule has 0 aromatic heterocycles. The average molecular weight is 365 g/mol. The lowest BCUT2D eigenvalue weighted by Gasteiger charge is -2.21. The Morgan fingerprint density at radius 1 is 1.00 bits per heavy atom. The molecule has 1 unspecified atom stereocenters. The van der Waals surface area contributed by atoms with Gasteiger partial charge in [0, 0.05) is 5.56 Å². The van der Waals surface area contributed by atoms with Crippen LogP contribution in [0.3, 0.4) is 0 Å². The highest BCUT2D eigenvalue weighted by molar-refractivity contribution is 5.54. The third kappa shape index (κ3) is 4.02. The number of nitriles is 1. The first kappa shape index (κ1) is 19.4. The maximum atomic E-state index is 14.6. The molecule has 0 aliphatic carbocycles. The Bertz CT molecular complexity index is 776. The van der Waals surface area contributed by atoms with E-state index in [1.54, 1.807) is 0 Å². The molecular weight excluding hydrogens is 347 g/mol. The molecule has 26 heavy (non-hydrogen) atoms. The van der Waals surface area contributed by atoms with Crippen molar-refractivity contribution in [2.45, 2.75) is 18.5 Å². The molecule has 0 heterocycles. The lowest BCUT2D eigenvalue weighted by Crippen LogP contribution is -2.16. The normalized spacial score (nSPS) is 12.2. The first-order valence-electron chi connectivity index (χ1n) is 7.68. The van der Waals surface area contributed by atoms with Crippen LogP contribution in [0.1, 0.15) is 29.3 Å². The smallest absolute Gasteiger partial charge is 0.276 e. The van der Waals surface area contributed by atoms with Crippen LogP contribution in [0.5, 0.6) is 17.2 Å². The number of rotatable bonds is 7. The maximum Gasteiger partial charge on any atom is 0.276 e. The number of alkyl halides is 3. The third-order valence-electron chi connectivity index (χ3n) is 3.92. The molecule has 0 saturated heterocycles. The van der Waals surface area contributed by atoms with Crippen LogP contribution < -0.4 is 14.2 Å². The van der Waals surface area contributed by atoms with Gasteiger partial charge in [-0.2, -0.15) is 5.26 Å². The zero-order valence-electron chi connectivity index (χ0n) is 14.6. The summed E-state index contributed by atoms with van der Waals surface area (Å²) in [6.45, 7) is 0. The van der Waals surface area contributed by atoms with Gasteiger partial charge in [0.15, 0.2) is 11.5 Å². The van der Waals surface area contributed by atoms with Crippen LogP contribution in [0.4, 0.5) is 13.2 Å². The van der Waals surface area contributed by atoms with Gasteiger partial charge in [-0.3, -0.25) is 0 Å². The Labute approximate surface area is 149 Å². The van der Waals surface area contributed by atoms with Crippen molar-refractivity contribution in [3.63, 3.8) is 0 Å². The standard InChI is InChI=1S/C19H18F3NO3/c1-24-16-8-13(9-17(25-2)18(16)26-3)15(20)10-19(21,22)14-6-4-12(11-23)5-7-14/h4-9,15H,10H2,1-3H3. The minimum atomic E-state index is -3.41. The van der Waals surface area contributed by atoms with Gasteiger partial charge in [0.25, 0.3) is 5.92 Å². The molecule has 4 nitrogen and oxygen atoms in total. The summed E-state index contributed by atoms with van der Waals surface area (Å²) >= 11 is 0. The molecule has 0 amide bonds. The average Bonchev–Trinajstić information content (AvgIpc) is 2.66. The first-order chi connectivity index (χ1) is 12.4. The molecule has 0 fully saturated rings. The Kier molecular flexibility index (Phi) is 5.98. The zero-order chi connectivity index (χ0) is 19.3. The van der Waals surface area contributed by atoms with Gasteiger partial charge >= 0.3 is 0 Å². The van der Waals surface area contributed by atoms with Crippen molar-refractivity contribution < 1.29 is 27.4 Å². The number of nitrogens with zero attached hydrogens (tertiary/aromatic N) is 1. The lowest BCUT2D eigenvalue weighted by molar-refractivity contribution is -0.0347. The number of hydrogen-bond acceptors (Lipinski definition) is 4. The molecule has 0 N–H and O–H groups in total. The number of ether oxygens (including phenoxy) is 3. The van der Waals surface area contributed by atoms with E-state index in [1.807, 2.05) is 6.07 Å².